The number of hydrogen-bond donors (Lipinski definition) is 0. The Hall–Kier alpha value is -1.08. The molecule has 0 saturated heterocycles. The fourth-order valence-electron chi connectivity index (χ4n) is 1.95. The molecule has 0 bridgehead atoms. The molecule has 0 fully saturated rings. The van der Waals surface area contributed by atoms with Crippen LogP contribution in [0.3, 0.4) is 0 Å². The molecular weight excluding hydrogens is 236 g/mol. The largest absolute Gasteiger partial charge is 0.140 e. The first kappa shape index (κ1) is 15.0. The monoisotopic (exact) mass is 260 g/mol. The van der Waals surface area contributed by atoms with Gasteiger partial charge in [0.25, 0.3) is 0 Å². The second kappa shape index (κ2) is 7.38. The lowest BCUT2D eigenvalue weighted by molar-refractivity contribution is 0.870. The summed E-state index contributed by atoms with van der Waals surface area (Å²) in [6, 6.07) is 13.0. The fraction of sp³-hybridized carbons (Fsp3) is 0.412. The molecule has 2 aromatic rings. The zero-order chi connectivity index (χ0) is 13.5. The Labute approximate surface area is 116 Å². The summed E-state index contributed by atoms with van der Waals surface area (Å²) in [5, 5.41) is 0. The number of thiophene rings is 1. The van der Waals surface area contributed by atoms with Crippen molar-refractivity contribution in [3.63, 3.8) is 0 Å². The van der Waals surface area contributed by atoms with Crippen LogP contribution >= 0.6 is 11.3 Å². The third-order valence-corrected chi connectivity index (χ3v) is 4.33. The highest BCUT2D eigenvalue weighted by atomic mass is 32.1. The molecule has 0 radical (unpaired) electrons. The highest BCUT2D eigenvalue weighted by Gasteiger charge is 2.11. The topological polar surface area (TPSA) is 0 Å². The van der Waals surface area contributed by atoms with Crippen molar-refractivity contribution in [2.75, 3.05) is 0 Å². The van der Waals surface area contributed by atoms with Gasteiger partial charge in [-0.1, -0.05) is 65.0 Å². The molecule has 0 unspecified atom stereocenters. The van der Waals surface area contributed by atoms with Gasteiger partial charge in [-0.25, -0.2) is 0 Å². The van der Waals surface area contributed by atoms with Crippen LogP contribution in [0.25, 0.3) is 10.4 Å². The minimum Gasteiger partial charge on any atom is -0.140 e. The van der Waals surface area contributed by atoms with E-state index in [4.69, 9.17) is 0 Å². The summed E-state index contributed by atoms with van der Waals surface area (Å²) in [5.41, 5.74) is 2.85. The Morgan fingerprint density at radius 2 is 1.67 bits per heavy atom. The third kappa shape index (κ3) is 3.46. The molecule has 1 heteroatoms. The highest BCUT2D eigenvalue weighted by molar-refractivity contribution is 7.15. The minimum atomic E-state index is 0.636. The van der Waals surface area contributed by atoms with Crippen molar-refractivity contribution in [2.45, 2.75) is 47.0 Å². The van der Waals surface area contributed by atoms with Crippen LogP contribution in [-0.4, -0.2) is 0 Å². The van der Waals surface area contributed by atoms with Crippen LogP contribution in [0.2, 0.25) is 0 Å². The maximum atomic E-state index is 2.36. The SMILES string of the molecule is CC.CCc1cc(-c2ccccc2)sc1C(C)C. The quantitative estimate of drug-likeness (QED) is 0.623. The zero-order valence-electron chi connectivity index (χ0n) is 12.2. The maximum Gasteiger partial charge on any atom is 0.0348 e. The average Bonchev–Trinajstić information content (AvgIpc) is 2.86. The molecule has 0 nitrogen and oxygen atoms in total. The predicted molar refractivity (Wildman–Crippen MR) is 84.6 cm³/mol. The van der Waals surface area contributed by atoms with E-state index < -0.39 is 0 Å². The lowest BCUT2D eigenvalue weighted by atomic mass is 10.1. The Morgan fingerprint density at radius 3 is 2.11 bits per heavy atom. The molecule has 1 aromatic heterocycles. The van der Waals surface area contributed by atoms with Crippen molar-refractivity contribution in [1.29, 1.82) is 0 Å². The molecule has 18 heavy (non-hydrogen) atoms. The van der Waals surface area contributed by atoms with Crippen molar-refractivity contribution in [2.24, 2.45) is 0 Å². The van der Waals surface area contributed by atoms with Crippen molar-refractivity contribution in [3.8, 4) is 10.4 Å². The summed E-state index contributed by atoms with van der Waals surface area (Å²) in [5.74, 6) is 0.636. The van der Waals surface area contributed by atoms with Gasteiger partial charge in [0.05, 0.1) is 0 Å². The molecule has 0 aliphatic heterocycles. The number of aryl methyl sites for hydroxylation is 1. The first-order valence-electron chi connectivity index (χ1n) is 6.90. The van der Waals surface area contributed by atoms with E-state index in [2.05, 4.69) is 57.2 Å². The first-order valence-corrected chi connectivity index (χ1v) is 7.72. The van der Waals surface area contributed by atoms with Crippen LogP contribution in [0.15, 0.2) is 36.4 Å². The molecule has 1 aromatic carbocycles. The van der Waals surface area contributed by atoms with E-state index in [9.17, 15) is 0 Å². The summed E-state index contributed by atoms with van der Waals surface area (Å²) in [6.07, 6.45) is 1.14. The van der Waals surface area contributed by atoms with Crippen molar-refractivity contribution in [1.82, 2.24) is 0 Å². The van der Waals surface area contributed by atoms with Crippen LogP contribution in [0.5, 0.6) is 0 Å². The molecule has 98 valence electrons. The van der Waals surface area contributed by atoms with E-state index in [1.54, 1.807) is 4.88 Å². The van der Waals surface area contributed by atoms with E-state index in [1.807, 2.05) is 25.2 Å². The Kier molecular flexibility index (Phi) is 6.14. The van der Waals surface area contributed by atoms with Gasteiger partial charge in [-0.05, 0) is 29.5 Å². The van der Waals surface area contributed by atoms with Crippen molar-refractivity contribution >= 4 is 11.3 Å². The second-order valence-electron chi connectivity index (χ2n) is 4.37. The van der Waals surface area contributed by atoms with E-state index in [-0.39, 0.29) is 0 Å². The van der Waals surface area contributed by atoms with Crippen molar-refractivity contribution < 1.29 is 0 Å². The van der Waals surface area contributed by atoms with Gasteiger partial charge < -0.3 is 0 Å². The standard InChI is InChI=1S/C15H18S.C2H6/c1-4-12-10-14(16-15(12)11(2)3)13-8-6-5-7-9-13;1-2/h5-11H,4H2,1-3H3;1-2H3. The summed E-state index contributed by atoms with van der Waals surface area (Å²) >= 11 is 1.95. The molecule has 0 amide bonds. The lowest BCUT2D eigenvalue weighted by Gasteiger charge is -2.03. The average molecular weight is 260 g/mol. The van der Waals surface area contributed by atoms with Crippen molar-refractivity contribution in [3.05, 3.63) is 46.8 Å². The molecule has 1 heterocycles. The highest BCUT2D eigenvalue weighted by Crippen LogP contribution is 2.35. The van der Waals surface area contributed by atoms with Crippen LogP contribution in [0.4, 0.5) is 0 Å². The van der Waals surface area contributed by atoms with Gasteiger partial charge >= 0.3 is 0 Å². The third-order valence-electron chi connectivity index (χ3n) is 2.81. The first-order chi connectivity index (χ1) is 8.72. The van der Waals surface area contributed by atoms with Gasteiger partial charge in [-0.15, -0.1) is 11.3 Å². The molecule has 2 rings (SSSR count). The zero-order valence-corrected chi connectivity index (χ0v) is 13.0. The normalized spacial score (nSPS) is 10.1. The van der Waals surface area contributed by atoms with Crippen LogP contribution in [0.1, 0.15) is 51.0 Å². The smallest absolute Gasteiger partial charge is 0.0348 e. The molecule has 0 N–H and O–H groups in total. The number of rotatable bonds is 3. The molecule has 0 aliphatic rings. The van der Waals surface area contributed by atoms with Gasteiger partial charge in [-0.3, -0.25) is 0 Å². The van der Waals surface area contributed by atoms with Crippen LogP contribution < -0.4 is 0 Å². The molecule has 0 saturated carbocycles. The van der Waals surface area contributed by atoms with E-state index >= 15 is 0 Å². The molecule has 0 atom stereocenters. The molecule has 0 aliphatic carbocycles. The maximum absolute atomic E-state index is 2.36. The van der Waals surface area contributed by atoms with E-state index in [0.29, 0.717) is 5.92 Å². The summed E-state index contributed by atoms with van der Waals surface area (Å²) in [4.78, 5) is 2.95. The minimum absolute atomic E-state index is 0.636. The second-order valence-corrected chi connectivity index (χ2v) is 5.46. The summed E-state index contributed by atoms with van der Waals surface area (Å²) < 4.78 is 0. The van der Waals surface area contributed by atoms with Gasteiger partial charge in [-0.2, -0.15) is 0 Å². The van der Waals surface area contributed by atoms with Crippen LogP contribution in [0, 0.1) is 0 Å². The predicted octanol–water partition coefficient (Wildman–Crippen LogP) is 6.13. The van der Waals surface area contributed by atoms with Gasteiger partial charge in [0.15, 0.2) is 0 Å². The van der Waals surface area contributed by atoms with E-state index in [0.717, 1.165) is 6.42 Å². The number of hydrogen-bond acceptors (Lipinski definition) is 1. The Balaban J connectivity index is 0.000000771. The lowest BCUT2D eigenvalue weighted by Crippen LogP contribution is -1.87. The summed E-state index contributed by atoms with van der Waals surface area (Å²) in [6.45, 7) is 10.8. The van der Waals surface area contributed by atoms with Gasteiger partial charge in [0, 0.05) is 9.75 Å². The van der Waals surface area contributed by atoms with E-state index in [1.165, 1.54) is 16.0 Å². The molecule has 0 spiro atoms. The number of benzene rings is 1. The molecular formula is C17H24S. The Bertz CT molecular complexity index is 452. The fourth-order valence-corrected chi connectivity index (χ4v) is 3.21. The van der Waals surface area contributed by atoms with Crippen LogP contribution in [-0.2, 0) is 6.42 Å². The Morgan fingerprint density at radius 1 is 1.06 bits per heavy atom. The van der Waals surface area contributed by atoms with Gasteiger partial charge in [0.1, 0.15) is 0 Å². The van der Waals surface area contributed by atoms with Gasteiger partial charge in [0.2, 0.25) is 0 Å². The summed E-state index contributed by atoms with van der Waals surface area (Å²) in [7, 11) is 0.